The molecule has 2 aromatic heterocycles. The molecule has 5 rings (SSSR count). The Labute approximate surface area is 240 Å². The van der Waals surface area contributed by atoms with Crippen molar-refractivity contribution in [1.82, 2.24) is 20.1 Å². The Kier molecular flexibility index (Phi) is 7.89. The summed E-state index contributed by atoms with van der Waals surface area (Å²) in [7, 11) is 0. The molecule has 220 valence electrons. The number of hydrogen-bond acceptors (Lipinski definition) is 8. The fourth-order valence-corrected chi connectivity index (χ4v) is 4.90. The van der Waals surface area contributed by atoms with Crippen molar-refractivity contribution in [3.63, 3.8) is 0 Å². The molecule has 1 aliphatic rings. The lowest BCUT2D eigenvalue weighted by molar-refractivity contribution is -0.142. The normalized spacial score (nSPS) is 17.4. The highest BCUT2D eigenvalue weighted by Gasteiger charge is 2.40. The molecule has 1 fully saturated rings. The van der Waals surface area contributed by atoms with Gasteiger partial charge in [0.25, 0.3) is 5.89 Å². The molecule has 0 spiro atoms. The van der Waals surface area contributed by atoms with Gasteiger partial charge < -0.3 is 19.3 Å². The number of nitrogens with zero attached hydrogens (tertiary/aromatic N) is 5. The predicted octanol–water partition coefficient (Wildman–Crippen LogP) is 5.80. The summed E-state index contributed by atoms with van der Waals surface area (Å²) in [5.74, 6) is -0.919. The summed E-state index contributed by atoms with van der Waals surface area (Å²) in [4.78, 5) is 25.4. The molecule has 0 unspecified atom stereocenters. The molecule has 2 atom stereocenters. The number of halogens is 3. The molecule has 2 aromatic carbocycles. The lowest BCUT2D eigenvalue weighted by atomic mass is 9.87. The summed E-state index contributed by atoms with van der Waals surface area (Å²) in [5, 5.41) is 13.8. The van der Waals surface area contributed by atoms with Crippen LogP contribution in [-0.4, -0.2) is 44.3 Å². The first-order chi connectivity index (χ1) is 19.9. The van der Waals surface area contributed by atoms with Crippen LogP contribution in [0, 0.1) is 11.8 Å². The highest BCUT2D eigenvalue weighted by atomic mass is 19.4. The molecule has 0 radical (unpaired) electrons. The van der Waals surface area contributed by atoms with E-state index >= 15 is 0 Å². The summed E-state index contributed by atoms with van der Waals surface area (Å²) in [6.07, 6.45) is -3.17. The average Bonchev–Trinajstić information content (AvgIpc) is 3.60. The fourth-order valence-electron chi connectivity index (χ4n) is 4.90. The first kappa shape index (κ1) is 29.0. The van der Waals surface area contributed by atoms with E-state index in [-0.39, 0.29) is 37.0 Å². The number of ether oxygens (including phenoxy) is 1. The Morgan fingerprint density at radius 1 is 1.02 bits per heavy atom. The quantitative estimate of drug-likeness (QED) is 0.276. The Balaban J connectivity index is 1.19. The number of rotatable bonds is 8. The molecule has 0 bridgehead atoms. The number of aliphatic carboxylic acids is 1. The van der Waals surface area contributed by atoms with Crippen LogP contribution in [0.5, 0.6) is 5.75 Å². The minimum atomic E-state index is -4.61. The molecule has 12 heteroatoms. The second-order valence-corrected chi connectivity index (χ2v) is 11.3. The Morgan fingerprint density at radius 2 is 1.74 bits per heavy atom. The van der Waals surface area contributed by atoms with Gasteiger partial charge in [-0.05, 0) is 47.1 Å². The van der Waals surface area contributed by atoms with E-state index in [9.17, 15) is 23.1 Å². The van der Waals surface area contributed by atoms with Gasteiger partial charge in [0.2, 0.25) is 11.8 Å². The van der Waals surface area contributed by atoms with Crippen LogP contribution in [-0.2, 0) is 29.4 Å². The molecular weight excluding hydrogens is 551 g/mol. The highest BCUT2D eigenvalue weighted by Crippen LogP contribution is 2.33. The molecule has 9 nitrogen and oxygen atoms in total. The summed E-state index contributed by atoms with van der Waals surface area (Å²) in [6.45, 7) is 6.75. The maximum atomic E-state index is 13.1. The van der Waals surface area contributed by atoms with Crippen molar-refractivity contribution in [2.75, 3.05) is 18.0 Å². The van der Waals surface area contributed by atoms with Crippen molar-refractivity contribution >= 4 is 11.9 Å². The highest BCUT2D eigenvalue weighted by molar-refractivity contribution is 5.72. The van der Waals surface area contributed by atoms with Crippen LogP contribution in [0.2, 0.25) is 0 Å². The largest absolute Gasteiger partial charge is 0.484 e. The second kappa shape index (κ2) is 11.4. The minimum absolute atomic E-state index is 0.0232. The van der Waals surface area contributed by atoms with Crippen LogP contribution in [0.15, 0.2) is 65.3 Å². The van der Waals surface area contributed by atoms with Gasteiger partial charge in [-0.3, -0.25) is 4.79 Å². The summed E-state index contributed by atoms with van der Waals surface area (Å²) in [5.41, 5.74) is 1.89. The number of carbonyl (C=O) groups is 1. The lowest BCUT2D eigenvalue weighted by Gasteiger charge is -2.18. The number of hydrogen-bond donors (Lipinski definition) is 1. The average molecular weight is 582 g/mol. The number of carboxylic acid groups (broad SMARTS) is 1. The Bertz CT molecular complexity index is 1530. The minimum Gasteiger partial charge on any atom is -0.484 e. The maximum absolute atomic E-state index is 13.1. The van der Waals surface area contributed by atoms with Crippen molar-refractivity contribution in [2.24, 2.45) is 11.8 Å². The van der Waals surface area contributed by atoms with Crippen molar-refractivity contribution in [1.29, 1.82) is 0 Å². The topological polar surface area (TPSA) is 114 Å². The summed E-state index contributed by atoms with van der Waals surface area (Å²) in [6, 6.07) is 16.0. The van der Waals surface area contributed by atoms with Gasteiger partial charge in [-0.1, -0.05) is 62.3 Å². The van der Waals surface area contributed by atoms with Crippen LogP contribution in [0.25, 0.3) is 11.4 Å². The molecule has 3 heterocycles. The fraction of sp³-hybridized carbons (Fsp3) is 0.367. The van der Waals surface area contributed by atoms with Gasteiger partial charge in [0.15, 0.2) is 6.61 Å². The monoisotopic (exact) mass is 581 g/mol. The van der Waals surface area contributed by atoms with Gasteiger partial charge in [-0.2, -0.15) is 18.2 Å². The van der Waals surface area contributed by atoms with E-state index in [0.29, 0.717) is 23.9 Å². The third-order valence-electron chi connectivity index (χ3n) is 7.24. The van der Waals surface area contributed by atoms with E-state index in [1.165, 1.54) is 10.5 Å². The number of carboxylic acids is 1. The zero-order valence-corrected chi connectivity index (χ0v) is 23.3. The van der Waals surface area contributed by atoms with E-state index in [0.717, 1.165) is 23.4 Å². The van der Waals surface area contributed by atoms with Crippen LogP contribution < -0.4 is 9.64 Å². The van der Waals surface area contributed by atoms with Gasteiger partial charge >= 0.3 is 12.1 Å². The van der Waals surface area contributed by atoms with Crippen LogP contribution >= 0.6 is 0 Å². The Morgan fingerprint density at radius 3 is 2.38 bits per heavy atom. The van der Waals surface area contributed by atoms with E-state index in [4.69, 9.17) is 9.26 Å². The van der Waals surface area contributed by atoms with E-state index < -0.39 is 23.8 Å². The molecule has 1 N–H and O–H groups in total. The van der Waals surface area contributed by atoms with Crippen LogP contribution in [0.4, 0.5) is 19.1 Å². The molecular formula is C30H30F3N5O4. The number of alkyl halides is 3. The number of anilines is 1. The van der Waals surface area contributed by atoms with E-state index in [1.54, 1.807) is 12.1 Å². The molecule has 0 aliphatic carbocycles. The van der Waals surface area contributed by atoms with Crippen LogP contribution in [0.3, 0.4) is 0 Å². The summed E-state index contributed by atoms with van der Waals surface area (Å²) < 4.78 is 50.4. The zero-order valence-electron chi connectivity index (χ0n) is 23.3. The third-order valence-corrected chi connectivity index (χ3v) is 7.24. The second-order valence-electron chi connectivity index (χ2n) is 11.3. The van der Waals surface area contributed by atoms with E-state index in [2.05, 4.69) is 40.9 Å². The van der Waals surface area contributed by atoms with Gasteiger partial charge in [-0.25, -0.2) is 9.97 Å². The van der Waals surface area contributed by atoms with Crippen molar-refractivity contribution in [3.05, 3.63) is 83.5 Å². The number of aromatic nitrogens is 4. The lowest BCUT2D eigenvalue weighted by Crippen LogP contribution is -2.25. The number of benzene rings is 2. The van der Waals surface area contributed by atoms with Crippen LogP contribution in [0.1, 0.15) is 43.5 Å². The standard InChI is InChI=1S/C30H30F3N5O4/c1-29(2,3)21-8-6-19(7-9-21)26-36-25(42-37-26)17-41-22-10-4-18(5-11-22)14-20-15-38(16-23(20)27(39)40)28-34-13-12-24(35-28)30(31,32)33/h4-13,20,23H,14-17H2,1-3H3,(H,39,40)/t20-,23+/m1/s1. The smallest absolute Gasteiger partial charge is 0.433 e. The first-order valence-electron chi connectivity index (χ1n) is 13.4. The zero-order chi connectivity index (χ0) is 30.1. The predicted molar refractivity (Wildman–Crippen MR) is 147 cm³/mol. The van der Waals surface area contributed by atoms with Gasteiger partial charge in [0.1, 0.15) is 11.4 Å². The molecule has 4 aromatic rings. The van der Waals surface area contributed by atoms with Crippen molar-refractivity contribution < 1.29 is 32.3 Å². The molecule has 1 saturated heterocycles. The molecule has 1 aliphatic heterocycles. The van der Waals surface area contributed by atoms with Gasteiger partial charge in [0, 0.05) is 24.8 Å². The molecule has 0 amide bonds. The Hall–Kier alpha value is -4.48. The summed E-state index contributed by atoms with van der Waals surface area (Å²) >= 11 is 0. The molecule has 42 heavy (non-hydrogen) atoms. The van der Waals surface area contributed by atoms with Crippen molar-refractivity contribution in [2.45, 2.75) is 45.4 Å². The van der Waals surface area contributed by atoms with Gasteiger partial charge in [0.05, 0.1) is 5.92 Å². The van der Waals surface area contributed by atoms with Crippen molar-refractivity contribution in [3.8, 4) is 17.1 Å². The third kappa shape index (κ3) is 6.69. The van der Waals surface area contributed by atoms with Gasteiger partial charge in [-0.15, -0.1) is 0 Å². The SMILES string of the molecule is CC(C)(C)c1ccc(-c2noc(COc3ccc(C[C@@H]4CN(c5nccc(C(F)(F)F)n5)C[C@@H]4C(=O)O)cc3)n2)cc1. The molecule has 0 saturated carbocycles. The first-order valence-corrected chi connectivity index (χ1v) is 13.4. The van der Waals surface area contributed by atoms with E-state index in [1.807, 2.05) is 36.4 Å². The maximum Gasteiger partial charge on any atom is 0.433 e.